The highest BCUT2D eigenvalue weighted by Gasteiger charge is 2.74. The summed E-state index contributed by atoms with van der Waals surface area (Å²) >= 11 is 0. The Morgan fingerprint density at radius 3 is 2.00 bits per heavy atom. The number of aromatic nitrogens is 1. The molecular weight excluding hydrogens is 658 g/mol. The van der Waals surface area contributed by atoms with E-state index in [1.807, 2.05) is 0 Å². The van der Waals surface area contributed by atoms with E-state index < -0.39 is 63.5 Å². The minimum absolute atomic E-state index is 0.00589. The molecule has 0 fully saturated rings. The van der Waals surface area contributed by atoms with Gasteiger partial charge < -0.3 is 5.11 Å². The maximum Gasteiger partial charge on any atom is 0.431 e. The normalized spacial score (nSPS) is 16.1. The number of hydrazone groups is 1. The van der Waals surface area contributed by atoms with Crippen LogP contribution in [0.4, 0.5) is 40.8 Å². The number of aliphatic hydroxyl groups is 1. The molecule has 244 valence electrons. The standard InChI is InChI=1S/C32H21F8N3O3S/c33-22-14-15-26(24(34)17-22)42-27(18-29(41-42)30(44,31(35,36)37)32(38,39)40)19-10-12-20(13-11-19)28-16-21-6-4-5-9-25(21)43(28)47(45,46)23-7-2-1-3-8-23/h1-17,27,44H,18H2. The fourth-order valence-corrected chi connectivity index (χ4v) is 7.08. The van der Waals surface area contributed by atoms with E-state index in [1.54, 1.807) is 48.5 Å². The number of halogens is 8. The van der Waals surface area contributed by atoms with Crippen molar-refractivity contribution in [2.45, 2.75) is 35.3 Å². The Morgan fingerprint density at radius 2 is 1.38 bits per heavy atom. The number of rotatable bonds is 6. The minimum atomic E-state index is -6.24. The Labute approximate surface area is 261 Å². The van der Waals surface area contributed by atoms with Gasteiger partial charge in [0.25, 0.3) is 15.6 Å². The van der Waals surface area contributed by atoms with Gasteiger partial charge in [0, 0.05) is 17.9 Å². The molecule has 0 aliphatic carbocycles. The average molecular weight is 680 g/mol. The first-order valence-electron chi connectivity index (χ1n) is 13.7. The molecule has 1 aliphatic rings. The van der Waals surface area contributed by atoms with Crippen molar-refractivity contribution in [2.24, 2.45) is 5.10 Å². The van der Waals surface area contributed by atoms with Gasteiger partial charge in [-0.3, -0.25) is 5.01 Å². The monoisotopic (exact) mass is 679 g/mol. The summed E-state index contributed by atoms with van der Waals surface area (Å²) in [6.07, 6.45) is -13.6. The topological polar surface area (TPSA) is 74.9 Å². The molecule has 2 heterocycles. The molecule has 4 aromatic carbocycles. The summed E-state index contributed by atoms with van der Waals surface area (Å²) in [6, 6.07) is 21.7. The number of hydrogen-bond donors (Lipinski definition) is 1. The molecular formula is C32H21F8N3O3S. The third-order valence-electron chi connectivity index (χ3n) is 7.84. The van der Waals surface area contributed by atoms with Crippen LogP contribution in [0, 0.1) is 11.6 Å². The molecule has 5 aromatic rings. The van der Waals surface area contributed by atoms with Crippen LogP contribution >= 0.6 is 0 Å². The van der Waals surface area contributed by atoms with Crippen molar-refractivity contribution in [2.75, 3.05) is 5.01 Å². The number of para-hydroxylation sites is 1. The molecule has 1 aliphatic heterocycles. The zero-order valence-corrected chi connectivity index (χ0v) is 24.5. The molecule has 0 radical (unpaired) electrons. The van der Waals surface area contributed by atoms with Crippen molar-refractivity contribution in [1.29, 1.82) is 0 Å². The zero-order valence-electron chi connectivity index (χ0n) is 23.6. The average Bonchev–Trinajstić information content (AvgIpc) is 3.63. The first-order valence-corrected chi connectivity index (χ1v) is 15.2. The quantitative estimate of drug-likeness (QED) is 0.185. The molecule has 0 bridgehead atoms. The summed E-state index contributed by atoms with van der Waals surface area (Å²) in [5.74, 6) is -2.38. The molecule has 1 atom stereocenters. The van der Waals surface area contributed by atoms with E-state index in [2.05, 4.69) is 5.10 Å². The molecule has 0 amide bonds. The molecule has 1 N–H and O–H groups in total. The first-order chi connectivity index (χ1) is 22.0. The maximum absolute atomic E-state index is 14.8. The van der Waals surface area contributed by atoms with Gasteiger partial charge >= 0.3 is 12.4 Å². The summed E-state index contributed by atoms with van der Waals surface area (Å²) in [5.41, 5.74) is -6.85. The summed E-state index contributed by atoms with van der Waals surface area (Å²) in [5, 5.41) is 14.6. The van der Waals surface area contributed by atoms with Crippen LogP contribution in [0.15, 0.2) is 113 Å². The van der Waals surface area contributed by atoms with Gasteiger partial charge in [-0.1, -0.05) is 60.7 Å². The summed E-state index contributed by atoms with van der Waals surface area (Å²) < 4.78 is 140. The second kappa shape index (κ2) is 11.2. The van der Waals surface area contributed by atoms with Gasteiger partial charge in [0.15, 0.2) is 5.82 Å². The van der Waals surface area contributed by atoms with Gasteiger partial charge in [-0.05, 0) is 47.5 Å². The molecule has 0 saturated heterocycles. The molecule has 47 heavy (non-hydrogen) atoms. The predicted octanol–water partition coefficient (Wildman–Crippen LogP) is 7.99. The number of hydrogen-bond acceptors (Lipinski definition) is 5. The van der Waals surface area contributed by atoms with Gasteiger partial charge in [0.2, 0.25) is 0 Å². The lowest BCUT2D eigenvalue weighted by atomic mass is 9.89. The molecule has 6 nitrogen and oxygen atoms in total. The Kier molecular flexibility index (Phi) is 7.67. The van der Waals surface area contributed by atoms with E-state index in [9.17, 15) is 48.6 Å². The summed E-state index contributed by atoms with van der Waals surface area (Å²) in [7, 11) is -4.15. The molecule has 0 saturated carbocycles. The Morgan fingerprint density at radius 1 is 0.766 bits per heavy atom. The van der Waals surface area contributed by atoms with E-state index in [-0.39, 0.29) is 16.2 Å². The van der Waals surface area contributed by atoms with Crippen molar-refractivity contribution >= 4 is 32.3 Å². The van der Waals surface area contributed by atoms with Gasteiger partial charge in [-0.2, -0.15) is 31.4 Å². The SMILES string of the molecule is O=S(=O)(c1ccccc1)n1c(-c2ccc(C3CC(C(O)(C(F)(F)F)C(F)(F)F)=NN3c3ccc(F)cc3F)cc2)cc2ccccc21. The Balaban J connectivity index is 1.46. The van der Waals surface area contributed by atoms with Crippen LogP contribution in [0.2, 0.25) is 0 Å². The zero-order chi connectivity index (χ0) is 33.9. The molecule has 0 spiro atoms. The fourth-order valence-electron chi connectivity index (χ4n) is 5.53. The van der Waals surface area contributed by atoms with Crippen LogP contribution in [0.25, 0.3) is 22.2 Å². The molecule has 1 unspecified atom stereocenters. The van der Waals surface area contributed by atoms with E-state index in [4.69, 9.17) is 0 Å². The van der Waals surface area contributed by atoms with Crippen molar-refractivity contribution < 1.29 is 48.6 Å². The van der Waals surface area contributed by atoms with E-state index in [1.165, 1.54) is 36.4 Å². The molecule has 1 aromatic heterocycles. The number of nitrogens with zero attached hydrogens (tertiary/aromatic N) is 3. The number of benzene rings is 4. The van der Waals surface area contributed by atoms with Crippen LogP contribution in [0.1, 0.15) is 18.0 Å². The lowest BCUT2D eigenvalue weighted by molar-refractivity contribution is -0.338. The van der Waals surface area contributed by atoms with Crippen LogP contribution < -0.4 is 5.01 Å². The minimum Gasteiger partial charge on any atom is -0.369 e. The highest BCUT2D eigenvalue weighted by Crippen LogP contribution is 2.49. The van der Waals surface area contributed by atoms with Gasteiger partial charge in [-0.25, -0.2) is 21.2 Å². The first kappa shape index (κ1) is 32.2. The fraction of sp³-hybridized carbons (Fsp3) is 0.156. The van der Waals surface area contributed by atoms with E-state index in [0.29, 0.717) is 27.5 Å². The van der Waals surface area contributed by atoms with Gasteiger partial charge in [0.05, 0.1) is 33.5 Å². The predicted molar refractivity (Wildman–Crippen MR) is 157 cm³/mol. The van der Waals surface area contributed by atoms with Crippen LogP contribution in [0.5, 0.6) is 0 Å². The van der Waals surface area contributed by atoms with Crippen molar-refractivity contribution in [3.63, 3.8) is 0 Å². The van der Waals surface area contributed by atoms with Crippen LogP contribution in [-0.4, -0.2) is 41.2 Å². The van der Waals surface area contributed by atoms with Gasteiger partial charge in [0.1, 0.15) is 5.82 Å². The lowest BCUT2D eigenvalue weighted by Gasteiger charge is -2.32. The van der Waals surface area contributed by atoms with Gasteiger partial charge in [-0.15, -0.1) is 0 Å². The number of fused-ring (bicyclic) bond motifs is 1. The Hall–Kier alpha value is -4.76. The number of alkyl halides is 6. The van der Waals surface area contributed by atoms with E-state index >= 15 is 0 Å². The molecule has 6 rings (SSSR count). The third kappa shape index (κ3) is 5.32. The number of anilines is 1. The highest BCUT2D eigenvalue weighted by atomic mass is 32.2. The summed E-state index contributed by atoms with van der Waals surface area (Å²) in [4.78, 5) is -0.00589. The van der Waals surface area contributed by atoms with Crippen LogP contribution in [0.3, 0.4) is 0 Å². The summed E-state index contributed by atoms with van der Waals surface area (Å²) in [6.45, 7) is 0. The van der Waals surface area contributed by atoms with Crippen molar-refractivity contribution in [3.8, 4) is 11.3 Å². The lowest BCUT2D eigenvalue weighted by Crippen LogP contribution is -2.62. The largest absolute Gasteiger partial charge is 0.431 e. The Bertz CT molecular complexity index is 2100. The van der Waals surface area contributed by atoms with E-state index in [0.717, 1.165) is 16.1 Å². The van der Waals surface area contributed by atoms with Crippen LogP contribution in [-0.2, 0) is 10.0 Å². The third-order valence-corrected chi connectivity index (χ3v) is 9.59. The highest BCUT2D eigenvalue weighted by molar-refractivity contribution is 7.90. The maximum atomic E-state index is 14.8. The second-order valence-corrected chi connectivity index (χ2v) is 12.5. The molecule has 15 heteroatoms. The van der Waals surface area contributed by atoms with Crippen molar-refractivity contribution in [1.82, 2.24) is 3.97 Å². The smallest absolute Gasteiger partial charge is 0.369 e. The second-order valence-electron chi connectivity index (χ2n) is 10.7. The van der Waals surface area contributed by atoms with Crippen molar-refractivity contribution in [3.05, 3.63) is 120 Å².